The Labute approximate surface area is 155 Å². The van der Waals surface area contributed by atoms with Crippen LogP contribution in [0.1, 0.15) is 35.3 Å². The second-order valence-corrected chi connectivity index (χ2v) is 7.65. The van der Waals surface area contributed by atoms with Gasteiger partial charge in [-0.15, -0.1) is 0 Å². The Balaban J connectivity index is 1.58. The molecule has 0 saturated carbocycles. The van der Waals surface area contributed by atoms with Gasteiger partial charge in [0.15, 0.2) is 0 Å². The molecule has 1 heterocycles. The van der Waals surface area contributed by atoms with E-state index in [1.54, 1.807) is 0 Å². The molecular weight excluding hydrogens is 324 g/mol. The molecule has 4 nitrogen and oxygen atoms in total. The Bertz CT molecular complexity index is 809. The zero-order chi connectivity index (χ0) is 18.7. The topological polar surface area (TPSA) is 52.6 Å². The lowest BCUT2D eigenvalue weighted by Gasteiger charge is -2.37. The van der Waals surface area contributed by atoms with Gasteiger partial charge in [0.25, 0.3) is 5.91 Å². The van der Waals surface area contributed by atoms with Crippen molar-refractivity contribution in [2.75, 3.05) is 25.0 Å². The summed E-state index contributed by atoms with van der Waals surface area (Å²) in [5.41, 5.74) is 4.31. The maximum atomic E-state index is 12.4. The van der Waals surface area contributed by atoms with Crippen molar-refractivity contribution in [3.63, 3.8) is 0 Å². The van der Waals surface area contributed by atoms with E-state index in [0.29, 0.717) is 12.1 Å². The molecule has 0 spiro atoms. The smallest absolute Gasteiger partial charge is 0.255 e. The van der Waals surface area contributed by atoms with Gasteiger partial charge >= 0.3 is 0 Å². The zero-order valence-electron chi connectivity index (χ0n) is 15.6. The summed E-state index contributed by atoms with van der Waals surface area (Å²) in [6, 6.07) is 15.4. The molecular formula is C22H26N2O2. The highest BCUT2D eigenvalue weighted by Gasteiger charge is 2.25. The van der Waals surface area contributed by atoms with Gasteiger partial charge in [0.05, 0.1) is 5.60 Å². The normalized spacial score (nSPS) is 14.7. The molecule has 0 atom stereocenters. The number of anilines is 1. The van der Waals surface area contributed by atoms with Gasteiger partial charge in [0, 0.05) is 30.9 Å². The molecule has 0 unspecified atom stereocenters. The minimum absolute atomic E-state index is 0.0986. The molecule has 1 aliphatic heterocycles. The van der Waals surface area contributed by atoms with E-state index in [0.717, 1.165) is 29.9 Å². The van der Waals surface area contributed by atoms with E-state index >= 15 is 0 Å². The third-order valence-corrected chi connectivity index (χ3v) is 4.40. The Hall–Kier alpha value is -2.43. The lowest BCUT2D eigenvalue weighted by molar-refractivity contribution is 0.0305. The van der Waals surface area contributed by atoms with Crippen LogP contribution in [-0.2, 0) is 0 Å². The van der Waals surface area contributed by atoms with Crippen molar-refractivity contribution in [3.8, 4) is 0 Å². The van der Waals surface area contributed by atoms with Crippen LogP contribution >= 0.6 is 0 Å². The SMILES string of the molecule is Cc1ccccc1NC(=O)c1ccc(C=C2CN(CC(C)(C)O)C2)cc1. The lowest BCUT2D eigenvalue weighted by Crippen LogP contribution is -2.47. The standard InChI is InChI=1S/C22H26N2O2/c1-16-6-4-5-7-20(16)23-21(25)19-10-8-17(9-11-19)12-18-13-24(14-18)15-22(2,3)26/h4-12,26H,13-15H2,1-3H3,(H,23,25). The number of para-hydroxylation sites is 1. The number of nitrogens with one attached hydrogen (secondary N) is 1. The van der Waals surface area contributed by atoms with Crippen LogP contribution in [0.3, 0.4) is 0 Å². The molecule has 2 aromatic carbocycles. The number of rotatable bonds is 5. The van der Waals surface area contributed by atoms with Gasteiger partial charge < -0.3 is 10.4 Å². The van der Waals surface area contributed by atoms with Gasteiger partial charge in [-0.2, -0.15) is 0 Å². The summed E-state index contributed by atoms with van der Waals surface area (Å²) in [5.74, 6) is -0.0986. The zero-order valence-corrected chi connectivity index (χ0v) is 15.6. The van der Waals surface area contributed by atoms with Crippen molar-refractivity contribution < 1.29 is 9.90 Å². The first-order valence-electron chi connectivity index (χ1n) is 8.91. The molecule has 1 saturated heterocycles. The van der Waals surface area contributed by atoms with Gasteiger partial charge in [0.2, 0.25) is 0 Å². The number of likely N-dealkylation sites (tertiary alicyclic amines) is 1. The monoisotopic (exact) mass is 350 g/mol. The molecule has 3 rings (SSSR count). The largest absolute Gasteiger partial charge is 0.389 e. The van der Waals surface area contributed by atoms with E-state index in [2.05, 4.69) is 16.3 Å². The van der Waals surface area contributed by atoms with Crippen LogP contribution in [0.2, 0.25) is 0 Å². The summed E-state index contributed by atoms with van der Waals surface area (Å²) in [5, 5.41) is 12.8. The Morgan fingerprint density at radius 2 is 1.81 bits per heavy atom. The van der Waals surface area contributed by atoms with Crippen LogP contribution < -0.4 is 5.32 Å². The molecule has 0 bridgehead atoms. The average molecular weight is 350 g/mol. The van der Waals surface area contributed by atoms with Crippen molar-refractivity contribution in [2.24, 2.45) is 0 Å². The quantitative estimate of drug-likeness (QED) is 0.864. The van der Waals surface area contributed by atoms with E-state index in [9.17, 15) is 9.90 Å². The fraction of sp³-hybridized carbons (Fsp3) is 0.318. The molecule has 2 N–H and O–H groups in total. The first kappa shape index (κ1) is 18.4. The minimum atomic E-state index is -0.655. The lowest BCUT2D eigenvalue weighted by atomic mass is 10.0. The predicted molar refractivity (Wildman–Crippen MR) is 106 cm³/mol. The molecule has 1 aliphatic rings. The number of benzene rings is 2. The van der Waals surface area contributed by atoms with E-state index < -0.39 is 5.60 Å². The summed E-state index contributed by atoms with van der Waals surface area (Å²) in [4.78, 5) is 14.6. The third kappa shape index (κ3) is 4.81. The predicted octanol–water partition coefficient (Wildman–Crippen LogP) is 3.72. The van der Waals surface area contributed by atoms with E-state index in [1.165, 1.54) is 5.57 Å². The highest BCUT2D eigenvalue weighted by Crippen LogP contribution is 2.21. The van der Waals surface area contributed by atoms with E-state index in [-0.39, 0.29) is 5.91 Å². The highest BCUT2D eigenvalue weighted by molar-refractivity contribution is 6.04. The average Bonchev–Trinajstić information content (AvgIpc) is 2.54. The van der Waals surface area contributed by atoms with Crippen molar-refractivity contribution in [3.05, 3.63) is 70.8 Å². The molecule has 26 heavy (non-hydrogen) atoms. The van der Waals surface area contributed by atoms with Crippen molar-refractivity contribution in [2.45, 2.75) is 26.4 Å². The molecule has 0 aliphatic carbocycles. The van der Waals surface area contributed by atoms with Crippen LogP contribution in [0.4, 0.5) is 5.69 Å². The molecule has 4 heteroatoms. The number of carbonyl (C=O) groups is 1. The van der Waals surface area contributed by atoms with Crippen LogP contribution in [0.5, 0.6) is 0 Å². The van der Waals surface area contributed by atoms with Gasteiger partial charge in [-0.1, -0.05) is 36.4 Å². The summed E-state index contributed by atoms with van der Waals surface area (Å²) in [7, 11) is 0. The van der Waals surface area contributed by atoms with Gasteiger partial charge in [-0.3, -0.25) is 9.69 Å². The molecule has 0 aromatic heterocycles. The first-order valence-corrected chi connectivity index (χ1v) is 8.91. The summed E-state index contributed by atoms with van der Waals surface area (Å²) < 4.78 is 0. The van der Waals surface area contributed by atoms with Gasteiger partial charge in [-0.05, 0) is 55.7 Å². The fourth-order valence-corrected chi connectivity index (χ4v) is 3.15. The maximum absolute atomic E-state index is 12.4. The number of carbonyl (C=O) groups excluding carboxylic acids is 1. The molecule has 1 fully saturated rings. The molecule has 136 valence electrons. The number of hydrogen-bond acceptors (Lipinski definition) is 3. The van der Waals surface area contributed by atoms with Crippen molar-refractivity contribution in [1.82, 2.24) is 4.90 Å². The van der Waals surface area contributed by atoms with Gasteiger partial charge in [-0.25, -0.2) is 0 Å². The number of aliphatic hydroxyl groups is 1. The molecule has 2 aromatic rings. The Morgan fingerprint density at radius 3 is 2.42 bits per heavy atom. The van der Waals surface area contributed by atoms with E-state index in [1.807, 2.05) is 69.3 Å². The second-order valence-electron chi connectivity index (χ2n) is 7.65. The number of nitrogens with zero attached hydrogens (tertiary/aromatic N) is 1. The van der Waals surface area contributed by atoms with Crippen molar-refractivity contribution >= 4 is 17.7 Å². The van der Waals surface area contributed by atoms with Crippen LogP contribution in [0, 0.1) is 6.92 Å². The highest BCUT2D eigenvalue weighted by atomic mass is 16.3. The number of aryl methyl sites for hydroxylation is 1. The summed E-state index contributed by atoms with van der Waals surface area (Å²) in [6.45, 7) is 8.09. The van der Waals surface area contributed by atoms with Crippen LogP contribution in [-0.4, -0.2) is 41.1 Å². The second kappa shape index (κ2) is 7.44. The minimum Gasteiger partial charge on any atom is -0.389 e. The Kier molecular flexibility index (Phi) is 5.25. The van der Waals surface area contributed by atoms with Crippen LogP contribution in [0.15, 0.2) is 54.1 Å². The summed E-state index contributed by atoms with van der Waals surface area (Å²) in [6.07, 6.45) is 2.16. The van der Waals surface area contributed by atoms with E-state index in [4.69, 9.17) is 0 Å². The molecule has 1 amide bonds. The first-order chi connectivity index (χ1) is 12.3. The molecule has 0 radical (unpaired) electrons. The number of hydrogen-bond donors (Lipinski definition) is 2. The maximum Gasteiger partial charge on any atom is 0.255 e. The number of amides is 1. The van der Waals surface area contributed by atoms with Crippen LogP contribution in [0.25, 0.3) is 6.08 Å². The van der Waals surface area contributed by atoms with Gasteiger partial charge in [0.1, 0.15) is 0 Å². The summed E-state index contributed by atoms with van der Waals surface area (Å²) >= 11 is 0. The number of β-amino-alcohol motifs (C(OH)–C–C–N with tert-alkyl or cyclic N) is 1. The third-order valence-electron chi connectivity index (χ3n) is 4.40. The fourth-order valence-electron chi connectivity index (χ4n) is 3.15. The van der Waals surface area contributed by atoms with Crippen molar-refractivity contribution in [1.29, 1.82) is 0 Å². The Morgan fingerprint density at radius 1 is 1.15 bits per heavy atom.